The minimum atomic E-state index is -0.480. The topological polar surface area (TPSA) is 65.7 Å². The third-order valence-electron chi connectivity index (χ3n) is 3.15. The minimum Gasteiger partial charge on any atom is -0.389 e. The Balaban J connectivity index is 2.14. The summed E-state index contributed by atoms with van der Waals surface area (Å²) in [5, 5.41) is 18.4. The number of rotatable bonds is 8. The third-order valence-corrected chi connectivity index (χ3v) is 3.15. The van der Waals surface area contributed by atoms with Crippen molar-refractivity contribution in [2.75, 3.05) is 39.5 Å². The number of nitriles is 1. The lowest BCUT2D eigenvalue weighted by Crippen LogP contribution is -2.37. The van der Waals surface area contributed by atoms with E-state index in [1.54, 1.807) is 0 Å². The molecule has 0 aromatic heterocycles. The van der Waals surface area contributed by atoms with Crippen molar-refractivity contribution in [3.05, 3.63) is 0 Å². The molecule has 1 unspecified atom stereocenters. The predicted molar refractivity (Wildman–Crippen MR) is 68.1 cm³/mol. The molecule has 0 aliphatic carbocycles. The molecule has 1 rings (SSSR count). The van der Waals surface area contributed by atoms with Crippen molar-refractivity contribution >= 4 is 0 Å². The molecular weight excluding hydrogens is 232 g/mol. The average molecular weight is 256 g/mol. The number of aliphatic hydroxyl groups excluding tert-OH is 1. The summed E-state index contributed by atoms with van der Waals surface area (Å²) in [7, 11) is 0. The van der Waals surface area contributed by atoms with Crippen molar-refractivity contribution in [3.8, 4) is 6.07 Å². The molecule has 18 heavy (non-hydrogen) atoms. The lowest BCUT2D eigenvalue weighted by molar-refractivity contribution is -0.0638. The number of likely N-dealkylation sites (N-methyl/N-ethyl adjacent to an activating group) is 1. The van der Waals surface area contributed by atoms with Crippen LogP contribution < -0.4 is 0 Å². The summed E-state index contributed by atoms with van der Waals surface area (Å²) in [5.41, 5.74) is 0. The van der Waals surface area contributed by atoms with E-state index in [1.807, 2.05) is 6.92 Å². The summed E-state index contributed by atoms with van der Waals surface area (Å²) in [6, 6.07) is 2.12. The predicted octanol–water partition coefficient (Wildman–Crippen LogP) is 0.778. The van der Waals surface area contributed by atoms with E-state index < -0.39 is 6.10 Å². The van der Waals surface area contributed by atoms with Crippen LogP contribution in [0.5, 0.6) is 0 Å². The Bertz CT molecular complexity index is 249. The van der Waals surface area contributed by atoms with Crippen LogP contribution in [0.25, 0.3) is 0 Å². The summed E-state index contributed by atoms with van der Waals surface area (Å²) < 4.78 is 10.9. The van der Waals surface area contributed by atoms with Gasteiger partial charge in [-0.2, -0.15) is 5.26 Å². The zero-order valence-corrected chi connectivity index (χ0v) is 11.2. The molecule has 0 aromatic rings. The first-order chi connectivity index (χ1) is 8.76. The average Bonchev–Trinajstić information content (AvgIpc) is 2.42. The van der Waals surface area contributed by atoms with Crippen molar-refractivity contribution < 1.29 is 14.6 Å². The van der Waals surface area contributed by atoms with Gasteiger partial charge in [0.2, 0.25) is 0 Å². The Labute approximate surface area is 109 Å². The van der Waals surface area contributed by atoms with Crippen LogP contribution in [0.2, 0.25) is 0 Å². The fourth-order valence-corrected chi connectivity index (χ4v) is 2.03. The van der Waals surface area contributed by atoms with Crippen LogP contribution in [-0.2, 0) is 9.47 Å². The maximum atomic E-state index is 9.90. The van der Waals surface area contributed by atoms with Crippen LogP contribution >= 0.6 is 0 Å². The molecule has 1 fully saturated rings. The van der Waals surface area contributed by atoms with E-state index in [-0.39, 0.29) is 6.10 Å². The zero-order valence-electron chi connectivity index (χ0n) is 11.2. The van der Waals surface area contributed by atoms with E-state index in [9.17, 15) is 5.11 Å². The van der Waals surface area contributed by atoms with Gasteiger partial charge in [-0.1, -0.05) is 6.92 Å². The summed E-state index contributed by atoms with van der Waals surface area (Å²) in [4.78, 5) is 2.07. The largest absolute Gasteiger partial charge is 0.389 e. The molecule has 1 aliphatic rings. The molecule has 0 saturated carbocycles. The molecule has 1 heterocycles. The van der Waals surface area contributed by atoms with E-state index in [0.717, 1.165) is 32.6 Å². The number of hydrogen-bond donors (Lipinski definition) is 1. The van der Waals surface area contributed by atoms with Gasteiger partial charge in [-0.05, 0) is 19.4 Å². The van der Waals surface area contributed by atoms with Gasteiger partial charge in [0, 0.05) is 32.7 Å². The van der Waals surface area contributed by atoms with Crippen molar-refractivity contribution in [1.82, 2.24) is 4.90 Å². The molecule has 0 radical (unpaired) electrons. The lowest BCUT2D eigenvalue weighted by Gasteiger charge is -2.26. The van der Waals surface area contributed by atoms with Crippen molar-refractivity contribution in [2.45, 2.75) is 38.4 Å². The van der Waals surface area contributed by atoms with Gasteiger partial charge >= 0.3 is 0 Å². The van der Waals surface area contributed by atoms with Gasteiger partial charge in [-0.3, -0.25) is 4.90 Å². The molecule has 0 bridgehead atoms. The number of ether oxygens (including phenoxy) is 2. The van der Waals surface area contributed by atoms with E-state index in [1.165, 1.54) is 0 Å². The maximum absolute atomic E-state index is 9.90. The highest BCUT2D eigenvalue weighted by atomic mass is 16.5. The fourth-order valence-electron chi connectivity index (χ4n) is 2.03. The van der Waals surface area contributed by atoms with E-state index in [2.05, 4.69) is 11.0 Å². The highest BCUT2D eigenvalue weighted by molar-refractivity contribution is 4.73. The molecular formula is C13H24N2O3. The molecule has 0 spiro atoms. The van der Waals surface area contributed by atoms with Gasteiger partial charge < -0.3 is 14.6 Å². The van der Waals surface area contributed by atoms with Gasteiger partial charge in [-0.25, -0.2) is 0 Å². The van der Waals surface area contributed by atoms with Gasteiger partial charge in [0.1, 0.15) is 0 Å². The highest BCUT2D eigenvalue weighted by Gasteiger charge is 2.17. The first-order valence-electron chi connectivity index (χ1n) is 6.73. The second kappa shape index (κ2) is 9.29. The zero-order chi connectivity index (χ0) is 13.2. The standard InChI is InChI=1S/C13H24N2O3/c1-2-15(7-3-6-14)10-12(16)11-18-13-4-8-17-9-5-13/h12-13,16H,2-5,7-11H2,1H3. The van der Waals surface area contributed by atoms with Crippen LogP contribution in [0, 0.1) is 11.3 Å². The molecule has 104 valence electrons. The first-order valence-corrected chi connectivity index (χ1v) is 6.73. The van der Waals surface area contributed by atoms with E-state index in [0.29, 0.717) is 26.1 Å². The molecule has 0 amide bonds. The number of hydrogen-bond acceptors (Lipinski definition) is 5. The Morgan fingerprint density at radius 1 is 1.50 bits per heavy atom. The second-order valence-electron chi connectivity index (χ2n) is 4.60. The number of nitrogens with zero attached hydrogens (tertiary/aromatic N) is 2. The van der Waals surface area contributed by atoms with Crippen LogP contribution in [0.15, 0.2) is 0 Å². The van der Waals surface area contributed by atoms with Crippen LogP contribution in [-0.4, -0.2) is 61.7 Å². The first kappa shape index (κ1) is 15.4. The maximum Gasteiger partial charge on any atom is 0.0900 e. The fraction of sp³-hybridized carbons (Fsp3) is 0.923. The summed E-state index contributed by atoms with van der Waals surface area (Å²) in [6.45, 7) is 6.03. The van der Waals surface area contributed by atoms with Gasteiger partial charge in [0.15, 0.2) is 0 Å². The van der Waals surface area contributed by atoms with Gasteiger partial charge in [0.25, 0.3) is 0 Å². The summed E-state index contributed by atoms with van der Waals surface area (Å²) >= 11 is 0. The quantitative estimate of drug-likeness (QED) is 0.695. The Morgan fingerprint density at radius 3 is 2.83 bits per heavy atom. The van der Waals surface area contributed by atoms with E-state index >= 15 is 0 Å². The van der Waals surface area contributed by atoms with E-state index in [4.69, 9.17) is 14.7 Å². The summed E-state index contributed by atoms with van der Waals surface area (Å²) in [5.74, 6) is 0. The van der Waals surface area contributed by atoms with Crippen molar-refractivity contribution in [1.29, 1.82) is 5.26 Å². The van der Waals surface area contributed by atoms with Crippen molar-refractivity contribution in [2.24, 2.45) is 0 Å². The SMILES string of the molecule is CCN(CCC#N)CC(O)COC1CCOCC1. The molecule has 0 aromatic carbocycles. The monoisotopic (exact) mass is 256 g/mol. The molecule has 1 saturated heterocycles. The highest BCUT2D eigenvalue weighted by Crippen LogP contribution is 2.11. The normalized spacial score (nSPS) is 18.8. The van der Waals surface area contributed by atoms with Crippen LogP contribution in [0.4, 0.5) is 0 Å². The number of aliphatic hydroxyl groups is 1. The molecule has 1 atom stereocenters. The third kappa shape index (κ3) is 6.31. The van der Waals surface area contributed by atoms with Crippen LogP contribution in [0.1, 0.15) is 26.2 Å². The van der Waals surface area contributed by atoms with Gasteiger partial charge in [0.05, 0.1) is 24.9 Å². The smallest absolute Gasteiger partial charge is 0.0900 e. The Kier molecular flexibility index (Phi) is 7.94. The van der Waals surface area contributed by atoms with Crippen LogP contribution in [0.3, 0.4) is 0 Å². The lowest BCUT2D eigenvalue weighted by atomic mass is 10.1. The molecule has 1 aliphatic heterocycles. The summed E-state index contributed by atoms with van der Waals surface area (Å²) in [6.07, 6.45) is 2.08. The van der Waals surface area contributed by atoms with Gasteiger partial charge in [-0.15, -0.1) is 0 Å². The Hall–Kier alpha value is -0.670. The molecule has 1 N–H and O–H groups in total. The Morgan fingerprint density at radius 2 is 2.22 bits per heavy atom. The van der Waals surface area contributed by atoms with Crippen molar-refractivity contribution in [3.63, 3.8) is 0 Å². The second-order valence-corrected chi connectivity index (χ2v) is 4.60. The molecule has 5 heteroatoms. The minimum absolute atomic E-state index is 0.225. The molecule has 5 nitrogen and oxygen atoms in total.